The molecule has 0 saturated heterocycles. The fraction of sp³-hybridized carbons (Fsp3) is 0.727. The largest absolute Gasteiger partial charge is 0.266 e. The molecule has 0 aliphatic heterocycles. The standard InChI is InChI=1S/C11H19N3O2S/c1-11(2)6-3-9(4-7-11)14-17(15,16)10-5-8-12-13-10/h5,8-9,14H,3-4,6-7H2,1-2H3,(H,12,13). The molecule has 1 aromatic heterocycles. The van der Waals surface area contributed by atoms with Gasteiger partial charge in [0.2, 0.25) is 0 Å². The van der Waals surface area contributed by atoms with E-state index < -0.39 is 10.0 Å². The smallest absolute Gasteiger partial charge is 0.257 e. The van der Waals surface area contributed by atoms with Gasteiger partial charge in [0, 0.05) is 6.04 Å². The van der Waals surface area contributed by atoms with Gasteiger partial charge in [-0.1, -0.05) is 13.8 Å². The van der Waals surface area contributed by atoms with Gasteiger partial charge in [0.1, 0.15) is 0 Å². The van der Waals surface area contributed by atoms with Gasteiger partial charge < -0.3 is 0 Å². The number of nitrogens with one attached hydrogen (secondary N) is 2. The minimum Gasteiger partial charge on any atom is -0.266 e. The second kappa shape index (κ2) is 4.42. The van der Waals surface area contributed by atoms with Gasteiger partial charge in [-0.05, 0) is 37.2 Å². The number of aromatic amines is 1. The van der Waals surface area contributed by atoms with Crippen molar-refractivity contribution in [3.63, 3.8) is 0 Å². The van der Waals surface area contributed by atoms with Crippen LogP contribution in [0.15, 0.2) is 17.3 Å². The Bertz CT molecular complexity index is 455. The van der Waals surface area contributed by atoms with Crippen molar-refractivity contribution in [2.24, 2.45) is 5.41 Å². The lowest BCUT2D eigenvalue weighted by Crippen LogP contribution is -2.39. The third kappa shape index (κ3) is 3.07. The maximum absolute atomic E-state index is 11.9. The van der Waals surface area contributed by atoms with E-state index in [9.17, 15) is 8.42 Å². The van der Waals surface area contributed by atoms with Crippen LogP contribution in [0.4, 0.5) is 0 Å². The molecule has 0 aromatic carbocycles. The maximum Gasteiger partial charge on any atom is 0.257 e. The van der Waals surface area contributed by atoms with E-state index in [2.05, 4.69) is 28.8 Å². The lowest BCUT2D eigenvalue weighted by Gasteiger charge is -2.34. The maximum atomic E-state index is 11.9. The van der Waals surface area contributed by atoms with Crippen molar-refractivity contribution in [2.75, 3.05) is 0 Å². The molecule has 1 aromatic rings. The molecule has 1 fully saturated rings. The molecule has 1 aliphatic rings. The van der Waals surface area contributed by atoms with E-state index in [1.54, 1.807) is 0 Å². The molecule has 2 N–H and O–H groups in total. The molecule has 5 nitrogen and oxygen atoms in total. The van der Waals surface area contributed by atoms with Crippen LogP contribution in [-0.4, -0.2) is 24.7 Å². The number of H-pyrrole nitrogens is 1. The van der Waals surface area contributed by atoms with Gasteiger partial charge in [0.25, 0.3) is 10.0 Å². The SMILES string of the molecule is CC1(C)CCC(NS(=O)(=O)c2ccn[nH]2)CC1. The molecular weight excluding hydrogens is 238 g/mol. The van der Waals surface area contributed by atoms with E-state index in [0.717, 1.165) is 25.7 Å². The number of sulfonamides is 1. The van der Waals surface area contributed by atoms with Crippen LogP contribution in [-0.2, 0) is 10.0 Å². The molecule has 17 heavy (non-hydrogen) atoms. The third-order valence-electron chi connectivity index (χ3n) is 3.43. The quantitative estimate of drug-likeness (QED) is 0.864. The Morgan fingerprint density at radius 1 is 1.41 bits per heavy atom. The van der Waals surface area contributed by atoms with Gasteiger partial charge in [-0.2, -0.15) is 5.10 Å². The van der Waals surface area contributed by atoms with Crippen LogP contribution < -0.4 is 4.72 Å². The number of aromatic nitrogens is 2. The highest BCUT2D eigenvalue weighted by Crippen LogP contribution is 2.35. The average Bonchev–Trinajstić information content (AvgIpc) is 2.75. The topological polar surface area (TPSA) is 74.8 Å². The summed E-state index contributed by atoms with van der Waals surface area (Å²) in [5.41, 5.74) is 0.343. The van der Waals surface area contributed by atoms with Gasteiger partial charge in [-0.3, -0.25) is 5.10 Å². The highest BCUT2D eigenvalue weighted by atomic mass is 32.2. The summed E-state index contributed by atoms with van der Waals surface area (Å²) in [6.07, 6.45) is 5.37. The monoisotopic (exact) mass is 257 g/mol. The molecule has 1 aliphatic carbocycles. The Kier molecular flexibility index (Phi) is 3.27. The zero-order valence-corrected chi connectivity index (χ0v) is 11.0. The predicted octanol–water partition coefficient (Wildman–Crippen LogP) is 1.66. The van der Waals surface area contributed by atoms with Crippen molar-refractivity contribution in [3.05, 3.63) is 12.3 Å². The predicted molar refractivity (Wildman–Crippen MR) is 64.9 cm³/mol. The molecule has 0 atom stereocenters. The molecular formula is C11H19N3O2S. The second-order valence-electron chi connectivity index (χ2n) is 5.48. The lowest BCUT2D eigenvalue weighted by atomic mass is 9.76. The van der Waals surface area contributed by atoms with Gasteiger partial charge >= 0.3 is 0 Å². The number of rotatable bonds is 3. The van der Waals surface area contributed by atoms with E-state index >= 15 is 0 Å². The van der Waals surface area contributed by atoms with E-state index in [-0.39, 0.29) is 11.1 Å². The Labute approximate surface area is 102 Å². The van der Waals surface area contributed by atoms with Crippen molar-refractivity contribution >= 4 is 10.0 Å². The summed E-state index contributed by atoms with van der Waals surface area (Å²) in [6.45, 7) is 4.46. The Morgan fingerprint density at radius 2 is 2.06 bits per heavy atom. The molecule has 96 valence electrons. The normalized spacial score (nSPS) is 21.5. The molecule has 0 radical (unpaired) electrons. The highest BCUT2D eigenvalue weighted by molar-refractivity contribution is 7.89. The van der Waals surface area contributed by atoms with Gasteiger partial charge in [-0.15, -0.1) is 0 Å². The van der Waals surface area contributed by atoms with E-state index in [4.69, 9.17) is 0 Å². The fourth-order valence-electron chi connectivity index (χ4n) is 2.19. The average molecular weight is 257 g/mol. The van der Waals surface area contributed by atoms with Crippen molar-refractivity contribution in [3.8, 4) is 0 Å². The van der Waals surface area contributed by atoms with Crippen LogP contribution in [0.1, 0.15) is 39.5 Å². The Hall–Kier alpha value is -0.880. The Morgan fingerprint density at radius 3 is 2.59 bits per heavy atom. The van der Waals surface area contributed by atoms with E-state index in [1.807, 2.05) is 0 Å². The first-order valence-corrected chi connectivity index (χ1v) is 7.39. The first-order valence-electron chi connectivity index (χ1n) is 5.91. The first-order chi connectivity index (χ1) is 7.89. The van der Waals surface area contributed by atoms with Crippen LogP contribution in [0.3, 0.4) is 0 Å². The highest BCUT2D eigenvalue weighted by Gasteiger charge is 2.29. The fourth-order valence-corrected chi connectivity index (χ4v) is 3.41. The summed E-state index contributed by atoms with van der Waals surface area (Å²) in [6, 6.07) is 1.52. The summed E-state index contributed by atoms with van der Waals surface area (Å²) >= 11 is 0. The molecule has 6 heteroatoms. The first kappa shape index (κ1) is 12.6. The minimum absolute atomic E-state index is 0.0522. The second-order valence-corrected chi connectivity index (χ2v) is 7.16. The summed E-state index contributed by atoms with van der Waals surface area (Å²) in [5.74, 6) is 0. The Balaban J connectivity index is 1.99. The molecule has 0 unspecified atom stereocenters. The van der Waals surface area contributed by atoms with Crippen LogP contribution in [0.2, 0.25) is 0 Å². The third-order valence-corrected chi connectivity index (χ3v) is 4.88. The zero-order valence-electron chi connectivity index (χ0n) is 10.2. The number of nitrogens with zero attached hydrogens (tertiary/aromatic N) is 1. The van der Waals surface area contributed by atoms with Crippen molar-refractivity contribution in [1.82, 2.24) is 14.9 Å². The molecule has 0 bridgehead atoms. The van der Waals surface area contributed by atoms with Crippen molar-refractivity contribution < 1.29 is 8.42 Å². The molecule has 2 rings (SSSR count). The van der Waals surface area contributed by atoms with Crippen LogP contribution in [0.5, 0.6) is 0 Å². The molecule has 1 heterocycles. The van der Waals surface area contributed by atoms with Gasteiger partial charge in [-0.25, -0.2) is 13.1 Å². The molecule has 0 amide bonds. The van der Waals surface area contributed by atoms with Crippen molar-refractivity contribution in [1.29, 1.82) is 0 Å². The van der Waals surface area contributed by atoms with Crippen LogP contribution in [0, 0.1) is 5.41 Å². The molecule has 0 spiro atoms. The van der Waals surface area contributed by atoms with E-state index in [0.29, 0.717) is 5.41 Å². The van der Waals surface area contributed by atoms with Gasteiger partial charge in [0.15, 0.2) is 5.03 Å². The molecule has 1 saturated carbocycles. The summed E-state index contributed by atoms with van der Waals surface area (Å²) in [7, 11) is -3.42. The summed E-state index contributed by atoms with van der Waals surface area (Å²) in [5, 5.41) is 6.28. The van der Waals surface area contributed by atoms with E-state index in [1.165, 1.54) is 12.3 Å². The summed E-state index contributed by atoms with van der Waals surface area (Å²) in [4.78, 5) is 0. The zero-order chi connectivity index (χ0) is 12.5. The number of hydrogen-bond donors (Lipinski definition) is 2. The van der Waals surface area contributed by atoms with Crippen LogP contribution >= 0.6 is 0 Å². The van der Waals surface area contributed by atoms with Crippen molar-refractivity contribution in [2.45, 2.75) is 50.6 Å². The summed E-state index contributed by atoms with van der Waals surface area (Å²) < 4.78 is 26.6. The number of hydrogen-bond acceptors (Lipinski definition) is 3. The minimum atomic E-state index is -3.42. The van der Waals surface area contributed by atoms with Gasteiger partial charge in [0.05, 0.1) is 6.20 Å². The van der Waals surface area contributed by atoms with Crippen LogP contribution in [0.25, 0.3) is 0 Å². The lowest BCUT2D eigenvalue weighted by molar-refractivity contribution is 0.218.